The van der Waals surface area contributed by atoms with Crippen LogP contribution in [0.4, 0.5) is 0 Å². The molecule has 2 heterocycles. The Morgan fingerprint density at radius 1 is 1.55 bits per heavy atom. The van der Waals surface area contributed by atoms with E-state index in [1.165, 1.54) is 0 Å². The molecule has 0 bridgehead atoms. The van der Waals surface area contributed by atoms with E-state index in [9.17, 15) is 9.90 Å². The fraction of sp³-hybridized carbons (Fsp3) is 0.467. The van der Waals surface area contributed by atoms with Gasteiger partial charge in [-0.15, -0.1) is 0 Å². The van der Waals surface area contributed by atoms with E-state index >= 15 is 0 Å². The first-order valence-corrected chi connectivity index (χ1v) is 6.69. The number of carbonyl (C=O) groups is 1. The summed E-state index contributed by atoms with van der Waals surface area (Å²) in [6.45, 7) is 3.11. The van der Waals surface area contributed by atoms with Crippen LogP contribution in [0.15, 0.2) is 18.3 Å². The van der Waals surface area contributed by atoms with E-state index in [-0.39, 0.29) is 12.5 Å². The van der Waals surface area contributed by atoms with Gasteiger partial charge in [0.1, 0.15) is 5.69 Å². The maximum absolute atomic E-state index is 12.5. The summed E-state index contributed by atoms with van der Waals surface area (Å²) in [6.07, 6.45) is 2.74. The average molecular weight is 273 g/mol. The van der Waals surface area contributed by atoms with Crippen molar-refractivity contribution in [2.24, 2.45) is 5.73 Å². The van der Waals surface area contributed by atoms with Crippen LogP contribution >= 0.6 is 0 Å². The number of piperidine rings is 1. The minimum Gasteiger partial charge on any atom is -0.390 e. The molecule has 0 atom stereocenters. The molecule has 1 saturated heterocycles. The second kappa shape index (κ2) is 6.04. The highest BCUT2D eigenvalue weighted by molar-refractivity contribution is 5.94. The number of likely N-dealkylation sites (tertiary alicyclic amines) is 1. The molecule has 1 aromatic heterocycles. The maximum atomic E-state index is 12.5. The Morgan fingerprint density at radius 3 is 2.90 bits per heavy atom. The number of hydrogen-bond acceptors (Lipinski definition) is 4. The van der Waals surface area contributed by atoms with Crippen LogP contribution < -0.4 is 5.73 Å². The van der Waals surface area contributed by atoms with E-state index < -0.39 is 5.60 Å². The fourth-order valence-corrected chi connectivity index (χ4v) is 2.16. The minimum atomic E-state index is -0.677. The Bertz CT molecular complexity index is 548. The first-order valence-electron chi connectivity index (χ1n) is 6.69. The summed E-state index contributed by atoms with van der Waals surface area (Å²) in [5, 5.41) is 9.93. The van der Waals surface area contributed by atoms with Crippen molar-refractivity contribution in [3.05, 3.63) is 29.6 Å². The van der Waals surface area contributed by atoms with Gasteiger partial charge in [0.25, 0.3) is 5.91 Å². The molecule has 1 aliphatic heterocycles. The minimum absolute atomic E-state index is 0.137. The normalized spacial score (nSPS) is 17.2. The van der Waals surface area contributed by atoms with Crippen LogP contribution in [0, 0.1) is 11.8 Å². The molecule has 0 radical (unpaired) electrons. The van der Waals surface area contributed by atoms with Gasteiger partial charge in [-0.25, -0.2) is 4.98 Å². The number of rotatable bonds is 1. The summed E-state index contributed by atoms with van der Waals surface area (Å²) in [6, 6.07) is 3.52. The lowest BCUT2D eigenvalue weighted by Crippen LogP contribution is -2.45. The molecule has 2 rings (SSSR count). The zero-order chi connectivity index (χ0) is 14.6. The summed E-state index contributed by atoms with van der Waals surface area (Å²) >= 11 is 0. The highest BCUT2D eigenvalue weighted by Gasteiger charge is 2.30. The van der Waals surface area contributed by atoms with Crippen molar-refractivity contribution in [1.82, 2.24) is 9.88 Å². The Hall–Kier alpha value is -1.90. The molecule has 5 heteroatoms. The van der Waals surface area contributed by atoms with Gasteiger partial charge in [0.2, 0.25) is 0 Å². The predicted molar refractivity (Wildman–Crippen MR) is 75.9 cm³/mol. The van der Waals surface area contributed by atoms with E-state index in [2.05, 4.69) is 16.8 Å². The van der Waals surface area contributed by atoms with Crippen LogP contribution in [0.5, 0.6) is 0 Å². The third-order valence-electron chi connectivity index (χ3n) is 3.46. The van der Waals surface area contributed by atoms with Crippen molar-refractivity contribution in [3.63, 3.8) is 0 Å². The number of nitrogens with zero attached hydrogens (tertiary/aromatic N) is 2. The van der Waals surface area contributed by atoms with Gasteiger partial charge in [-0.2, -0.15) is 0 Å². The summed E-state index contributed by atoms with van der Waals surface area (Å²) in [5.74, 6) is 5.48. The summed E-state index contributed by atoms with van der Waals surface area (Å²) < 4.78 is 0. The molecule has 0 aliphatic carbocycles. The van der Waals surface area contributed by atoms with Crippen molar-refractivity contribution in [2.75, 3.05) is 19.6 Å². The fourth-order valence-electron chi connectivity index (χ4n) is 2.16. The zero-order valence-electron chi connectivity index (χ0n) is 11.6. The molecule has 1 fully saturated rings. The molecule has 1 amide bonds. The molecule has 5 nitrogen and oxygen atoms in total. The number of carbonyl (C=O) groups excluding carboxylic acids is 1. The van der Waals surface area contributed by atoms with Gasteiger partial charge in [-0.05, 0) is 31.9 Å². The first-order chi connectivity index (χ1) is 9.53. The van der Waals surface area contributed by atoms with Gasteiger partial charge in [0.05, 0.1) is 17.7 Å². The van der Waals surface area contributed by atoms with Crippen LogP contribution in [-0.2, 0) is 0 Å². The van der Waals surface area contributed by atoms with Gasteiger partial charge < -0.3 is 15.7 Å². The van der Waals surface area contributed by atoms with Gasteiger partial charge >= 0.3 is 0 Å². The standard InChI is InChI=1S/C15H19N3O2/c1-15(20)6-10-18(11-7-15)14(19)13-12(4-2-8-16)5-3-9-17-13/h3,5,9,20H,6-8,10-11,16H2,1H3. The summed E-state index contributed by atoms with van der Waals surface area (Å²) in [4.78, 5) is 18.3. The topological polar surface area (TPSA) is 79.5 Å². The first kappa shape index (κ1) is 14.5. The van der Waals surface area contributed by atoms with Gasteiger partial charge in [0.15, 0.2) is 0 Å². The third-order valence-corrected chi connectivity index (χ3v) is 3.46. The summed E-state index contributed by atoms with van der Waals surface area (Å²) in [7, 11) is 0. The molecule has 1 aromatic rings. The van der Waals surface area contributed by atoms with E-state index in [1.807, 2.05) is 0 Å². The monoisotopic (exact) mass is 273 g/mol. The van der Waals surface area contributed by atoms with Crippen LogP contribution in [0.1, 0.15) is 35.8 Å². The SMILES string of the molecule is CC1(O)CCN(C(=O)c2ncccc2C#CCN)CC1. The second-order valence-corrected chi connectivity index (χ2v) is 5.19. The lowest BCUT2D eigenvalue weighted by Gasteiger charge is -2.35. The van der Waals surface area contributed by atoms with E-state index in [1.54, 1.807) is 30.2 Å². The van der Waals surface area contributed by atoms with Crippen molar-refractivity contribution in [2.45, 2.75) is 25.4 Å². The second-order valence-electron chi connectivity index (χ2n) is 5.19. The quantitative estimate of drug-likeness (QED) is 0.725. The van der Waals surface area contributed by atoms with Gasteiger partial charge in [-0.1, -0.05) is 11.8 Å². The van der Waals surface area contributed by atoms with Crippen molar-refractivity contribution in [1.29, 1.82) is 0 Å². The number of amides is 1. The number of nitrogens with two attached hydrogens (primary N) is 1. The zero-order valence-corrected chi connectivity index (χ0v) is 11.6. The summed E-state index contributed by atoms with van der Waals surface area (Å²) in [5.41, 5.74) is 5.63. The lowest BCUT2D eigenvalue weighted by atomic mass is 9.93. The van der Waals surface area contributed by atoms with Gasteiger partial charge in [-0.3, -0.25) is 4.79 Å². The number of aromatic nitrogens is 1. The molecule has 106 valence electrons. The van der Waals surface area contributed by atoms with Crippen LogP contribution in [0.25, 0.3) is 0 Å². The molecular weight excluding hydrogens is 254 g/mol. The molecule has 20 heavy (non-hydrogen) atoms. The van der Waals surface area contributed by atoms with E-state index in [4.69, 9.17) is 5.73 Å². The average Bonchev–Trinajstić information content (AvgIpc) is 2.45. The van der Waals surface area contributed by atoms with Crippen molar-refractivity contribution < 1.29 is 9.90 Å². The van der Waals surface area contributed by atoms with Crippen LogP contribution in [0.3, 0.4) is 0 Å². The maximum Gasteiger partial charge on any atom is 0.273 e. The van der Waals surface area contributed by atoms with E-state index in [0.717, 1.165) is 0 Å². The molecule has 0 unspecified atom stereocenters. The number of hydrogen-bond donors (Lipinski definition) is 2. The highest BCUT2D eigenvalue weighted by Crippen LogP contribution is 2.22. The Balaban J connectivity index is 2.18. The van der Waals surface area contributed by atoms with Crippen molar-refractivity contribution >= 4 is 5.91 Å². The molecule has 0 saturated carbocycles. The largest absolute Gasteiger partial charge is 0.390 e. The van der Waals surface area contributed by atoms with Crippen LogP contribution in [0.2, 0.25) is 0 Å². The van der Waals surface area contributed by atoms with Gasteiger partial charge in [0, 0.05) is 19.3 Å². The molecular formula is C15H19N3O2. The molecule has 3 N–H and O–H groups in total. The predicted octanol–water partition coefficient (Wildman–Crippen LogP) is 0.379. The van der Waals surface area contributed by atoms with E-state index in [0.29, 0.717) is 37.2 Å². The Kier molecular flexibility index (Phi) is 4.38. The lowest BCUT2D eigenvalue weighted by molar-refractivity contribution is -0.00219. The Labute approximate surface area is 118 Å². The molecule has 0 aromatic carbocycles. The Morgan fingerprint density at radius 2 is 2.25 bits per heavy atom. The number of pyridine rings is 1. The third kappa shape index (κ3) is 3.35. The molecule has 0 spiro atoms. The molecule has 1 aliphatic rings. The number of aliphatic hydroxyl groups is 1. The van der Waals surface area contributed by atoms with Crippen molar-refractivity contribution in [3.8, 4) is 11.8 Å². The van der Waals surface area contributed by atoms with Crippen LogP contribution in [-0.4, -0.2) is 46.1 Å². The smallest absolute Gasteiger partial charge is 0.273 e. The highest BCUT2D eigenvalue weighted by atomic mass is 16.3.